The Morgan fingerprint density at radius 1 is 0.773 bits per heavy atom. The molecule has 4 aliphatic carbocycles. The van der Waals surface area contributed by atoms with Crippen molar-refractivity contribution in [3.63, 3.8) is 0 Å². The predicted octanol–water partition coefficient (Wildman–Crippen LogP) is 2.37. The minimum Gasteiger partial charge on any atom is -0.481 e. The van der Waals surface area contributed by atoms with Gasteiger partial charge in [0.05, 0.1) is 18.3 Å². The van der Waals surface area contributed by atoms with Gasteiger partial charge < -0.3 is 15.3 Å². The van der Waals surface area contributed by atoms with E-state index in [9.17, 15) is 29.7 Å². The van der Waals surface area contributed by atoms with Gasteiger partial charge in [0.1, 0.15) is 0 Å². The lowest BCUT2D eigenvalue weighted by atomic mass is 9.35. The molecule has 3 N–H and O–H groups in total. The number of aliphatic carboxylic acids is 3. The third kappa shape index (κ3) is 2.20. The van der Waals surface area contributed by atoms with E-state index in [-0.39, 0.29) is 18.3 Å². The highest BCUT2D eigenvalue weighted by Crippen LogP contribution is 2.75. The van der Waals surface area contributed by atoms with Gasteiger partial charge in [-0.25, -0.2) is 0 Å². The van der Waals surface area contributed by atoms with Gasteiger partial charge in [-0.05, 0) is 54.8 Å². The molecule has 0 aliphatic heterocycles. The highest BCUT2D eigenvalue weighted by atomic mass is 16.4. The van der Waals surface area contributed by atoms with Gasteiger partial charge in [-0.2, -0.15) is 0 Å². The summed E-state index contributed by atoms with van der Waals surface area (Å²) in [6.07, 6.45) is 3.10. The number of rotatable bonds is 5. The monoisotopic (exact) mass is 310 g/mol. The Bertz CT molecular complexity index is 533. The van der Waals surface area contributed by atoms with Crippen LogP contribution in [0, 0.1) is 21.7 Å². The highest BCUT2D eigenvalue weighted by Gasteiger charge is 2.69. The number of carboxylic acid groups (broad SMARTS) is 3. The molecule has 0 heterocycles. The summed E-state index contributed by atoms with van der Waals surface area (Å²) >= 11 is 0. The fraction of sp³-hybridized carbons (Fsp3) is 0.812. The first kappa shape index (κ1) is 15.3. The van der Waals surface area contributed by atoms with E-state index < -0.39 is 34.2 Å². The maximum absolute atomic E-state index is 12.0. The van der Waals surface area contributed by atoms with E-state index in [0.717, 1.165) is 0 Å². The molecule has 6 nitrogen and oxygen atoms in total. The van der Waals surface area contributed by atoms with Gasteiger partial charge in [0.2, 0.25) is 0 Å². The number of hydrogen-bond donors (Lipinski definition) is 3. The second kappa shape index (κ2) is 4.24. The molecule has 2 unspecified atom stereocenters. The summed E-state index contributed by atoms with van der Waals surface area (Å²) in [6, 6.07) is 0. The van der Waals surface area contributed by atoms with Gasteiger partial charge in [0.25, 0.3) is 0 Å². The first-order valence-corrected chi connectivity index (χ1v) is 7.69. The molecule has 4 fully saturated rings. The van der Waals surface area contributed by atoms with Gasteiger partial charge in [-0.15, -0.1) is 0 Å². The van der Waals surface area contributed by atoms with E-state index in [1.165, 1.54) is 0 Å². The van der Waals surface area contributed by atoms with Crippen molar-refractivity contribution in [3.8, 4) is 0 Å². The largest absolute Gasteiger partial charge is 0.481 e. The molecule has 0 aromatic heterocycles. The van der Waals surface area contributed by atoms with E-state index in [2.05, 4.69) is 0 Å². The van der Waals surface area contributed by atoms with E-state index in [1.807, 2.05) is 6.92 Å². The average Bonchev–Trinajstić information content (AvgIpc) is 2.20. The average molecular weight is 310 g/mol. The van der Waals surface area contributed by atoms with Crippen LogP contribution in [0.3, 0.4) is 0 Å². The number of hydrogen-bond acceptors (Lipinski definition) is 3. The van der Waals surface area contributed by atoms with Crippen molar-refractivity contribution in [2.45, 2.75) is 58.3 Å². The van der Waals surface area contributed by atoms with Gasteiger partial charge in [0.15, 0.2) is 0 Å². The van der Waals surface area contributed by atoms with Crippen LogP contribution < -0.4 is 0 Å². The summed E-state index contributed by atoms with van der Waals surface area (Å²) in [7, 11) is 0. The molecule has 2 atom stereocenters. The summed E-state index contributed by atoms with van der Waals surface area (Å²) in [5, 5.41) is 28.4. The molecule has 4 saturated carbocycles. The van der Waals surface area contributed by atoms with Gasteiger partial charge in [0, 0.05) is 0 Å². The Hall–Kier alpha value is -1.59. The summed E-state index contributed by atoms with van der Waals surface area (Å²) < 4.78 is 0. The Labute approximate surface area is 128 Å². The van der Waals surface area contributed by atoms with E-state index in [4.69, 9.17) is 0 Å². The van der Waals surface area contributed by atoms with Crippen molar-refractivity contribution in [2.24, 2.45) is 21.7 Å². The Balaban J connectivity index is 2.08. The SMILES string of the molecule is CC12CC3(CC(=O)O)CC(CC(=O)O)(C1)CC(C(=O)O)(C2)C3. The zero-order valence-electron chi connectivity index (χ0n) is 12.7. The molecule has 0 radical (unpaired) electrons. The van der Waals surface area contributed by atoms with Gasteiger partial charge in [-0.1, -0.05) is 6.92 Å². The predicted molar refractivity (Wildman–Crippen MR) is 75.2 cm³/mol. The fourth-order valence-electron chi connectivity index (χ4n) is 6.85. The number of carboxylic acids is 3. The van der Waals surface area contributed by atoms with E-state index in [0.29, 0.717) is 38.5 Å². The third-order valence-electron chi connectivity index (χ3n) is 6.05. The smallest absolute Gasteiger partial charge is 0.309 e. The first-order chi connectivity index (χ1) is 10.0. The van der Waals surface area contributed by atoms with Crippen LogP contribution >= 0.6 is 0 Å². The zero-order chi connectivity index (χ0) is 16.4. The molecular formula is C16H22O6. The second-order valence-electron chi connectivity index (χ2n) is 8.60. The maximum atomic E-state index is 12.0. The molecule has 122 valence electrons. The molecule has 4 aliphatic rings. The molecular weight excluding hydrogens is 288 g/mol. The second-order valence-corrected chi connectivity index (χ2v) is 8.60. The lowest BCUT2D eigenvalue weighted by Crippen LogP contribution is -2.63. The molecule has 4 bridgehead atoms. The highest BCUT2D eigenvalue weighted by molar-refractivity contribution is 5.77. The van der Waals surface area contributed by atoms with Crippen molar-refractivity contribution < 1.29 is 29.7 Å². The fourth-order valence-corrected chi connectivity index (χ4v) is 6.85. The maximum Gasteiger partial charge on any atom is 0.309 e. The summed E-state index contributed by atoms with van der Waals surface area (Å²) in [4.78, 5) is 34.6. The molecule has 0 amide bonds. The van der Waals surface area contributed by atoms with Crippen molar-refractivity contribution in [3.05, 3.63) is 0 Å². The topological polar surface area (TPSA) is 112 Å². The van der Waals surface area contributed by atoms with Crippen molar-refractivity contribution in [2.75, 3.05) is 0 Å². The van der Waals surface area contributed by atoms with Crippen LogP contribution in [0.1, 0.15) is 58.3 Å². The van der Waals surface area contributed by atoms with Crippen LogP contribution in [0.25, 0.3) is 0 Å². The molecule has 22 heavy (non-hydrogen) atoms. The Morgan fingerprint density at radius 3 is 1.59 bits per heavy atom. The van der Waals surface area contributed by atoms with Crippen LogP contribution in [0.2, 0.25) is 0 Å². The van der Waals surface area contributed by atoms with Crippen molar-refractivity contribution in [1.29, 1.82) is 0 Å². The van der Waals surface area contributed by atoms with E-state index in [1.54, 1.807) is 0 Å². The minimum absolute atomic E-state index is 0.0566. The quantitative estimate of drug-likeness (QED) is 0.718. The number of carbonyl (C=O) groups is 3. The van der Waals surface area contributed by atoms with Crippen LogP contribution in [-0.4, -0.2) is 33.2 Å². The van der Waals surface area contributed by atoms with Crippen molar-refractivity contribution in [1.82, 2.24) is 0 Å². The van der Waals surface area contributed by atoms with Crippen LogP contribution in [-0.2, 0) is 14.4 Å². The lowest BCUT2D eigenvalue weighted by molar-refractivity contribution is -0.217. The third-order valence-corrected chi connectivity index (χ3v) is 6.05. The van der Waals surface area contributed by atoms with Crippen LogP contribution in [0.4, 0.5) is 0 Å². The lowest BCUT2D eigenvalue weighted by Gasteiger charge is -2.68. The van der Waals surface area contributed by atoms with Crippen LogP contribution in [0.5, 0.6) is 0 Å². The summed E-state index contributed by atoms with van der Waals surface area (Å²) in [5.74, 6) is -2.73. The zero-order valence-corrected chi connectivity index (χ0v) is 12.7. The standard InChI is InChI=1S/C16H22O6/c1-13-4-14(2-10(17)18)7-15(5-13,3-11(19)20)9-16(6-13,8-14)12(21)22/h2-9H2,1H3,(H,17,18)(H,19,20)(H,21,22). The summed E-state index contributed by atoms with van der Waals surface area (Å²) in [6.45, 7) is 2.01. The normalized spacial score (nSPS) is 45.7. The first-order valence-electron chi connectivity index (χ1n) is 7.69. The molecule has 4 rings (SSSR count). The molecule has 0 aromatic rings. The van der Waals surface area contributed by atoms with Gasteiger partial charge >= 0.3 is 17.9 Å². The molecule has 6 heteroatoms. The molecule has 0 spiro atoms. The summed E-state index contributed by atoms with van der Waals surface area (Å²) in [5.41, 5.74) is -2.35. The Morgan fingerprint density at radius 2 is 1.23 bits per heavy atom. The molecule has 0 aromatic carbocycles. The van der Waals surface area contributed by atoms with E-state index >= 15 is 0 Å². The van der Waals surface area contributed by atoms with Gasteiger partial charge in [-0.3, -0.25) is 14.4 Å². The molecule has 0 saturated heterocycles. The minimum atomic E-state index is -0.950. The van der Waals surface area contributed by atoms with Crippen molar-refractivity contribution >= 4 is 17.9 Å². The van der Waals surface area contributed by atoms with Crippen LogP contribution in [0.15, 0.2) is 0 Å². The Kier molecular flexibility index (Phi) is 2.95.